The third-order valence-electron chi connectivity index (χ3n) is 3.98. The van der Waals surface area contributed by atoms with Crippen molar-refractivity contribution in [2.24, 2.45) is 5.73 Å². The van der Waals surface area contributed by atoms with Crippen molar-refractivity contribution in [2.45, 2.75) is 17.9 Å². The van der Waals surface area contributed by atoms with Crippen LogP contribution in [0, 0.1) is 0 Å². The maximum atomic E-state index is 12.3. The summed E-state index contributed by atoms with van der Waals surface area (Å²) < 4.78 is 24.6. The molecule has 0 bridgehead atoms. The summed E-state index contributed by atoms with van der Waals surface area (Å²) in [4.78, 5) is 26.6. The minimum absolute atomic E-state index is 0.0391. The Balaban J connectivity index is 1.99. The lowest BCUT2D eigenvalue weighted by atomic mass is 10.1. The lowest BCUT2D eigenvalue weighted by molar-refractivity contribution is -0.140. The van der Waals surface area contributed by atoms with E-state index in [1.807, 2.05) is 4.90 Å². The van der Waals surface area contributed by atoms with Crippen molar-refractivity contribution >= 4 is 21.7 Å². The molecule has 126 valence electrons. The Bertz CT molecular complexity index is 675. The number of carbonyl (C=O) groups excluding carboxylic acids is 2. The third-order valence-corrected chi connectivity index (χ3v) is 5.69. The van der Waals surface area contributed by atoms with Gasteiger partial charge in [0.25, 0.3) is 0 Å². The van der Waals surface area contributed by atoms with Crippen LogP contribution in [0.15, 0.2) is 35.2 Å². The molecule has 0 aliphatic carbocycles. The van der Waals surface area contributed by atoms with Gasteiger partial charge in [-0.05, 0) is 12.1 Å². The largest absolute Gasteiger partial charge is 0.368 e. The fourth-order valence-corrected chi connectivity index (χ4v) is 3.96. The number of hydrogen-bond donors (Lipinski definition) is 1. The molecule has 2 N–H and O–H groups in total. The number of carbonyl (C=O) groups is 2. The van der Waals surface area contributed by atoms with Gasteiger partial charge in [-0.25, -0.2) is 8.42 Å². The quantitative estimate of drug-likeness (QED) is 0.778. The van der Waals surface area contributed by atoms with Gasteiger partial charge < -0.3 is 10.6 Å². The van der Waals surface area contributed by atoms with Crippen molar-refractivity contribution in [3.63, 3.8) is 0 Å². The number of amides is 2. The molecule has 2 rings (SSSR count). The van der Waals surface area contributed by atoms with Gasteiger partial charge in [0.1, 0.15) is 6.04 Å². The smallest absolute Gasteiger partial charge is 0.241 e. The third kappa shape index (κ3) is 4.29. The SMILES string of the molecule is CC(=O)N1CCN(CCS(=O)(=O)c2ccccc2)CC1C(N)=O. The van der Waals surface area contributed by atoms with Crippen LogP contribution in [0.4, 0.5) is 0 Å². The molecule has 23 heavy (non-hydrogen) atoms. The van der Waals surface area contributed by atoms with Crippen molar-refractivity contribution in [1.82, 2.24) is 9.80 Å². The van der Waals surface area contributed by atoms with Crippen LogP contribution in [0.25, 0.3) is 0 Å². The van der Waals surface area contributed by atoms with E-state index in [1.54, 1.807) is 30.3 Å². The lowest BCUT2D eigenvalue weighted by Gasteiger charge is -2.39. The van der Waals surface area contributed by atoms with E-state index in [2.05, 4.69) is 0 Å². The number of benzene rings is 1. The van der Waals surface area contributed by atoms with Gasteiger partial charge in [-0.2, -0.15) is 0 Å². The first kappa shape index (κ1) is 17.4. The first-order chi connectivity index (χ1) is 10.8. The predicted molar refractivity (Wildman–Crippen MR) is 85.3 cm³/mol. The van der Waals surface area contributed by atoms with E-state index in [-0.39, 0.29) is 23.1 Å². The molecule has 7 nitrogen and oxygen atoms in total. The van der Waals surface area contributed by atoms with Crippen LogP contribution in [0.1, 0.15) is 6.92 Å². The number of rotatable bonds is 5. The molecular formula is C15H21N3O4S. The van der Waals surface area contributed by atoms with Crippen LogP contribution < -0.4 is 5.73 Å². The molecule has 1 aliphatic heterocycles. The molecule has 2 amide bonds. The maximum absolute atomic E-state index is 12.3. The molecule has 1 aliphatic rings. The van der Waals surface area contributed by atoms with Crippen molar-refractivity contribution in [1.29, 1.82) is 0 Å². The Morgan fingerprint density at radius 3 is 2.43 bits per heavy atom. The van der Waals surface area contributed by atoms with Crippen LogP contribution >= 0.6 is 0 Å². The summed E-state index contributed by atoms with van der Waals surface area (Å²) in [6.07, 6.45) is 0. The van der Waals surface area contributed by atoms with Crippen LogP contribution in [0.3, 0.4) is 0 Å². The fourth-order valence-electron chi connectivity index (χ4n) is 2.66. The van der Waals surface area contributed by atoms with Crippen LogP contribution in [-0.4, -0.2) is 68.0 Å². The van der Waals surface area contributed by atoms with E-state index < -0.39 is 21.8 Å². The molecule has 1 heterocycles. The summed E-state index contributed by atoms with van der Waals surface area (Å²) in [5, 5.41) is 0. The Morgan fingerprint density at radius 1 is 1.22 bits per heavy atom. The van der Waals surface area contributed by atoms with Crippen molar-refractivity contribution in [2.75, 3.05) is 31.9 Å². The second-order valence-corrected chi connectivity index (χ2v) is 7.67. The number of piperazine rings is 1. The zero-order valence-electron chi connectivity index (χ0n) is 13.0. The summed E-state index contributed by atoms with van der Waals surface area (Å²) in [7, 11) is -3.37. The number of primary amides is 1. The zero-order chi connectivity index (χ0) is 17.0. The molecule has 1 fully saturated rings. The molecule has 1 aromatic rings. The standard InChI is InChI=1S/C15H21N3O4S/c1-12(19)18-8-7-17(11-14(18)15(16)20)9-10-23(21,22)13-5-3-2-4-6-13/h2-6,14H,7-11H2,1H3,(H2,16,20). The second kappa shape index (κ2) is 7.10. The Kier molecular flexibility index (Phi) is 5.38. The predicted octanol–water partition coefficient (Wildman–Crippen LogP) is -0.522. The highest BCUT2D eigenvalue weighted by Gasteiger charge is 2.32. The highest BCUT2D eigenvalue weighted by Crippen LogP contribution is 2.13. The molecule has 0 aromatic heterocycles. The van der Waals surface area contributed by atoms with E-state index in [0.717, 1.165) is 0 Å². The van der Waals surface area contributed by atoms with E-state index in [0.29, 0.717) is 19.6 Å². The Hall–Kier alpha value is -1.93. The molecule has 1 atom stereocenters. The molecule has 0 saturated carbocycles. The van der Waals surface area contributed by atoms with Gasteiger partial charge in [0.2, 0.25) is 11.8 Å². The first-order valence-corrected chi connectivity index (χ1v) is 9.03. The molecule has 8 heteroatoms. The molecule has 0 radical (unpaired) electrons. The molecule has 1 aromatic carbocycles. The maximum Gasteiger partial charge on any atom is 0.241 e. The van der Waals surface area contributed by atoms with Crippen molar-refractivity contribution in [3.8, 4) is 0 Å². The minimum atomic E-state index is -3.37. The van der Waals surface area contributed by atoms with Gasteiger partial charge in [0, 0.05) is 33.1 Å². The first-order valence-electron chi connectivity index (χ1n) is 7.38. The lowest BCUT2D eigenvalue weighted by Crippen LogP contribution is -2.59. The van der Waals surface area contributed by atoms with Crippen LogP contribution in [0.5, 0.6) is 0 Å². The summed E-state index contributed by atoms with van der Waals surface area (Å²) in [5.41, 5.74) is 5.35. The number of nitrogens with zero attached hydrogens (tertiary/aromatic N) is 2. The van der Waals surface area contributed by atoms with Crippen LogP contribution in [0.2, 0.25) is 0 Å². The van der Waals surface area contributed by atoms with Gasteiger partial charge in [0.15, 0.2) is 9.84 Å². The van der Waals surface area contributed by atoms with Crippen LogP contribution in [-0.2, 0) is 19.4 Å². The minimum Gasteiger partial charge on any atom is -0.368 e. The van der Waals surface area contributed by atoms with Gasteiger partial charge in [0.05, 0.1) is 10.6 Å². The number of nitrogens with two attached hydrogens (primary N) is 1. The highest BCUT2D eigenvalue weighted by atomic mass is 32.2. The van der Waals surface area contributed by atoms with Gasteiger partial charge >= 0.3 is 0 Å². The monoisotopic (exact) mass is 339 g/mol. The van der Waals surface area contributed by atoms with Crippen molar-refractivity contribution in [3.05, 3.63) is 30.3 Å². The molecule has 1 saturated heterocycles. The van der Waals surface area contributed by atoms with Crippen molar-refractivity contribution < 1.29 is 18.0 Å². The average molecular weight is 339 g/mol. The van der Waals surface area contributed by atoms with E-state index >= 15 is 0 Å². The Morgan fingerprint density at radius 2 is 1.87 bits per heavy atom. The van der Waals surface area contributed by atoms with Gasteiger partial charge in [-0.15, -0.1) is 0 Å². The fraction of sp³-hybridized carbons (Fsp3) is 0.467. The van der Waals surface area contributed by atoms with E-state index in [4.69, 9.17) is 5.73 Å². The molecule has 0 spiro atoms. The van der Waals surface area contributed by atoms with Gasteiger partial charge in [-0.3, -0.25) is 14.5 Å². The number of sulfone groups is 1. The molecule has 1 unspecified atom stereocenters. The molecular weight excluding hydrogens is 318 g/mol. The van der Waals surface area contributed by atoms with Gasteiger partial charge in [-0.1, -0.05) is 18.2 Å². The summed E-state index contributed by atoms with van der Waals surface area (Å²) in [6.45, 7) is 2.85. The van der Waals surface area contributed by atoms with E-state index in [9.17, 15) is 18.0 Å². The number of hydrogen-bond acceptors (Lipinski definition) is 5. The Labute approximate surface area is 136 Å². The average Bonchev–Trinajstić information content (AvgIpc) is 2.53. The summed E-state index contributed by atoms with van der Waals surface area (Å²) in [5.74, 6) is -0.816. The summed E-state index contributed by atoms with van der Waals surface area (Å²) >= 11 is 0. The topological polar surface area (TPSA) is 101 Å². The zero-order valence-corrected chi connectivity index (χ0v) is 13.8. The normalized spacial score (nSPS) is 19.5. The van der Waals surface area contributed by atoms with E-state index in [1.165, 1.54) is 11.8 Å². The highest BCUT2D eigenvalue weighted by molar-refractivity contribution is 7.91. The second-order valence-electron chi connectivity index (χ2n) is 5.56. The summed E-state index contributed by atoms with van der Waals surface area (Å²) in [6, 6.07) is 7.55.